The van der Waals surface area contributed by atoms with Crippen molar-refractivity contribution in [2.45, 2.75) is 26.4 Å². The molecule has 0 radical (unpaired) electrons. The molecule has 0 aromatic heterocycles. The molecule has 1 atom stereocenters. The lowest BCUT2D eigenvalue weighted by atomic mass is 10.1. The second-order valence-electron chi connectivity index (χ2n) is 5.10. The maximum Gasteiger partial charge on any atom is 0.123 e. The number of nitrogens with zero attached hydrogens (tertiary/aromatic N) is 1. The Kier molecular flexibility index (Phi) is 8.35. The number of hydrogen-bond acceptors (Lipinski definition) is 5. The fourth-order valence-electron chi connectivity index (χ4n) is 2.03. The van der Waals surface area contributed by atoms with E-state index >= 15 is 0 Å². The summed E-state index contributed by atoms with van der Waals surface area (Å²) in [4.78, 5) is 4.16. The third-order valence-corrected chi connectivity index (χ3v) is 3.34. The molecule has 1 aromatic carbocycles. The fraction of sp³-hybridized carbons (Fsp3) is 0.294. The summed E-state index contributed by atoms with van der Waals surface area (Å²) in [5, 5.41) is 20.6. The Bertz CT molecular complexity index is 669. The van der Waals surface area contributed by atoms with E-state index in [0.717, 1.165) is 5.57 Å². The van der Waals surface area contributed by atoms with Crippen LogP contribution < -0.4 is 11.1 Å². The predicted octanol–water partition coefficient (Wildman–Crippen LogP) is 3.87. The quantitative estimate of drug-likeness (QED) is 0.502. The van der Waals surface area contributed by atoms with Gasteiger partial charge in [-0.25, -0.2) is 4.39 Å². The second-order valence-corrected chi connectivity index (χ2v) is 5.95. The average Bonchev–Trinajstić information content (AvgIpc) is 2.52. The number of rotatable bonds is 8. The lowest BCUT2D eigenvalue weighted by molar-refractivity contribution is 0.199. The van der Waals surface area contributed by atoms with Crippen LogP contribution in [0.4, 0.5) is 10.1 Å². The number of aliphatic hydroxyl groups excluding tert-OH is 1. The molecule has 0 spiro atoms. The van der Waals surface area contributed by atoms with Crippen molar-refractivity contribution in [2.24, 2.45) is 10.7 Å². The number of halogens is 2. The van der Waals surface area contributed by atoms with Gasteiger partial charge >= 0.3 is 0 Å². The highest BCUT2D eigenvalue weighted by molar-refractivity contribution is 9.18. The van der Waals surface area contributed by atoms with Gasteiger partial charge in [-0.15, -0.1) is 0 Å². The van der Waals surface area contributed by atoms with E-state index in [1.165, 1.54) is 18.3 Å². The largest absolute Gasteiger partial charge is 0.404 e. The highest BCUT2D eigenvalue weighted by Crippen LogP contribution is 2.26. The minimum absolute atomic E-state index is 0.175. The van der Waals surface area contributed by atoms with Crippen LogP contribution in [0.1, 0.15) is 31.9 Å². The second kappa shape index (κ2) is 10.00. The zero-order valence-electron chi connectivity index (χ0n) is 13.7. The Hall–Kier alpha value is -1.99. The predicted molar refractivity (Wildman–Crippen MR) is 101 cm³/mol. The normalized spacial score (nSPS) is 14.0. The summed E-state index contributed by atoms with van der Waals surface area (Å²) in [6.45, 7) is 4.12. The maximum atomic E-state index is 13.4. The van der Waals surface area contributed by atoms with E-state index < -0.39 is 11.9 Å². The molecule has 24 heavy (non-hydrogen) atoms. The van der Waals surface area contributed by atoms with E-state index in [9.17, 15) is 9.50 Å². The summed E-state index contributed by atoms with van der Waals surface area (Å²) in [6.07, 6.45) is 4.28. The van der Waals surface area contributed by atoms with E-state index in [4.69, 9.17) is 11.1 Å². The van der Waals surface area contributed by atoms with Gasteiger partial charge in [-0.3, -0.25) is 10.4 Å². The zero-order valence-corrected chi connectivity index (χ0v) is 15.3. The van der Waals surface area contributed by atoms with Crippen molar-refractivity contribution in [1.29, 1.82) is 5.41 Å². The molecule has 0 aliphatic carbocycles. The van der Waals surface area contributed by atoms with Gasteiger partial charge in [0.15, 0.2) is 0 Å². The molecule has 0 amide bonds. The number of nitrogens with one attached hydrogen (secondary N) is 2. The molecule has 5 nitrogen and oxygen atoms in total. The highest BCUT2D eigenvalue weighted by atomic mass is 79.9. The van der Waals surface area contributed by atoms with Gasteiger partial charge in [0, 0.05) is 36.1 Å². The van der Waals surface area contributed by atoms with Crippen molar-refractivity contribution in [3.8, 4) is 0 Å². The number of allylic oxidation sites excluding steroid dienone is 2. The zero-order chi connectivity index (χ0) is 18.1. The van der Waals surface area contributed by atoms with E-state index in [0.29, 0.717) is 29.9 Å². The topological polar surface area (TPSA) is 94.5 Å². The summed E-state index contributed by atoms with van der Waals surface area (Å²) in [5.41, 5.74) is 8.04. The van der Waals surface area contributed by atoms with Crippen LogP contribution in [0.5, 0.6) is 0 Å². The summed E-state index contributed by atoms with van der Waals surface area (Å²) in [5.74, 6) is -0.423. The molecule has 0 aliphatic heterocycles. The first-order valence-electron chi connectivity index (χ1n) is 7.47. The molecule has 0 saturated heterocycles. The van der Waals surface area contributed by atoms with Crippen LogP contribution >= 0.6 is 15.9 Å². The molecule has 0 fully saturated rings. The van der Waals surface area contributed by atoms with Gasteiger partial charge in [0.05, 0.1) is 10.7 Å². The molecule has 1 aromatic rings. The van der Waals surface area contributed by atoms with E-state index in [1.54, 1.807) is 25.3 Å². The Balaban J connectivity index is 3.12. The summed E-state index contributed by atoms with van der Waals surface area (Å²) in [7, 11) is 0. The summed E-state index contributed by atoms with van der Waals surface area (Å²) >= 11 is 3.09. The number of anilines is 1. The standard InChI is InChI=1S/C17H22BrFN4O/c1-3-22-10-12(9-20)6-14(8-17(18)21)23-16-5-4-13(19)7-15(16)11(2)24/h4-5,7-11,21,23-24H,3,6,20H2,1-2H3/b12-9?,14-8-,21-17?,22-10?. The molecule has 1 rings (SSSR count). The average molecular weight is 397 g/mol. The first-order valence-corrected chi connectivity index (χ1v) is 8.26. The molecule has 0 aliphatic rings. The molecular weight excluding hydrogens is 375 g/mol. The minimum Gasteiger partial charge on any atom is -0.404 e. The van der Waals surface area contributed by atoms with Crippen molar-refractivity contribution in [1.82, 2.24) is 0 Å². The molecule has 130 valence electrons. The van der Waals surface area contributed by atoms with Gasteiger partial charge in [0.25, 0.3) is 0 Å². The number of aliphatic hydroxyl groups is 1. The Labute approximate surface area is 149 Å². The van der Waals surface area contributed by atoms with Crippen molar-refractivity contribution in [3.63, 3.8) is 0 Å². The van der Waals surface area contributed by atoms with Crippen LogP contribution in [0.2, 0.25) is 0 Å². The summed E-state index contributed by atoms with van der Waals surface area (Å²) < 4.78 is 13.6. The molecule has 0 saturated carbocycles. The van der Waals surface area contributed by atoms with Crippen LogP contribution in [-0.4, -0.2) is 22.5 Å². The summed E-state index contributed by atoms with van der Waals surface area (Å²) in [6, 6.07) is 4.14. The number of aliphatic imine (C=N–C) groups is 1. The minimum atomic E-state index is -0.834. The first-order chi connectivity index (χ1) is 11.4. The smallest absolute Gasteiger partial charge is 0.123 e. The van der Waals surface area contributed by atoms with E-state index in [-0.39, 0.29) is 4.62 Å². The maximum absolute atomic E-state index is 13.4. The van der Waals surface area contributed by atoms with Gasteiger partial charge in [0.1, 0.15) is 5.82 Å². The highest BCUT2D eigenvalue weighted by Gasteiger charge is 2.11. The van der Waals surface area contributed by atoms with Gasteiger partial charge in [-0.2, -0.15) is 0 Å². The molecular formula is C17H22BrFN4O. The van der Waals surface area contributed by atoms with Gasteiger partial charge < -0.3 is 16.2 Å². The van der Waals surface area contributed by atoms with Crippen molar-refractivity contribution < 1.29 is 9.50 Å². The van der Waals surface area contributed by atoms with Crippen LogP contribution in [0.25, 0.3) is 0 Å². The number of hydrogen-bond donors (Lipinski definition) is 4. The van der Waals surface area contributed by atoms with E-state index in [1.807, 2.05) is 6.92 Å². The van der Waals surface area contributed by atoms with E-state index in [2.05, 4.69) is 26.2 Å². The lowest BCUT2D eigenvalue weighted by Gasteiger charge is -2.17. The Morgan fingerprint density at radius 2 is 2.25 bits per heavy atom. The van der Waals surface area contributed by atoms with Crippen LogP contribution in [-0.2, 0) is 0 Å². The van der Waals surface area contributed by atoms with Gasteiger partial charge in [-0.1, -0.05) is 0 Å². The Morgan fingerprint density at radius 1 is 1.54 bits per heavy atom. The van der Waals surface area contributed by atoms with Crippen molar-refractivity contribution >= 4 is 32.5 Å². The van der Waals surface area contributed by atoms with Gasteiger partial charge in [0.2, 0.25) is 0 Å². The molecule has 0 heterocycles. The first kappa shape index (κ1) is 20.1. The molecule has 1 unspecified atom stereocenters. The van der Waals surface area contributed by atoms with Crippen LogP contribution in [0, 0.1) is 11.2 Å². The number of nitrogens with two attached hydrogens (primary N) is 1. The molecule has 5 N–H and O–H groups in total. The SMILES string of the molecule is CCN=CC(=CN)C/C(=C/C(=N)Br)Nc1ccc(F)cc1C(C)O. The third kappa shape index (κ3) is 6.64. The number of benzene rings is 1. The van der Waals surface area contributed by atoms with Crippen LogP contribution in [0.3, 0.4) is 0 Å². The molecule has 7 heteroatoms. The Morgan fingerprint density at radius 3 is 2.79 bits per heavy atom. The third-order valence-electron chi connectivity index (χ3n) is 3.11. The van der Waals surface area contributed by atoms with Gasteiger partial charge in [-0.05, 0) is 65.8 Å². The van der Waals surface area contributed by atoms with Crippen molar-refractivity contribution in [2.75, 3.05) is 11.9 Å². The molecule has 0 bridgehead atoms. The van der Waals surface area contributed by atoms with Crippen molar-refractivity contribution in [3.05, 3.63) is 53.1 Å². The monoisotopic (exact) mass is 396 g/mol. The van der Waals surface area contributed by atoms with Crippen LogP contribution in [0.15, 0.2) is 46.7 Å². The lowest BCUT2D eigenvalue weighted by Crippen LogP contribution is -2.08. The fourth-order valence-corrected chi connectivity index (χ4v) is 2.30.